The minimum Gasteiger partial charge on any atom is -0.423 e. The molecule has 0 spiro atoms. The zero-order valence-electron chi connectivity index (χ0n) is 8.77. The molecule has 0 aliphatic rings. The van der Waals surface area contributed by atoms with Crippen molar-refractivity contribution in [1.82, 2.24) is 0 Å². The van der Waals surface area contributed by atoms with E-state index in [1.54, 1.807) is 30.3 Å². The van der Waals surface area contributed by atoms with Crippen LogP contribution in [0.3, 0.4) is 0 Å². The van der Waals surface area contributed by atoms with Gasteiger partial charge < -0.3 is 10.0 Å². The van der Waals surface area contributed by atoms with Gasteiger partial charge in [-0.2, -0.15) is 0 Å². The zero-order chi connectivity index (χ0) is 12.4. The summed E-state index contributed by atoms with van der Waals surface area (Å²) in [7, 11) is -1.77. The maximum atomic E-state index is 13.9. The minimum absolute atomic E-state index is 0.0567. The van der Waals surface area contributed by atoms with Crippen LogP contribution < -0.4 is 5.46 Å². The zero-order valence-corrected chi connectivity index (χ0v) is 9.53. The monoisotopic (exact) mass is 250 g/mol. The summed E-state index contributed by atoms with van der Waals surface area (Å²) in [6, 6.07) is 11.2. The molecule has 17 heavy (non-hydrogen) atoms. The van der Waals surface area contributed by atoms with Crippen LogP contribution in [-0.2, 0) is 0 Å². The van der Waals surface area contributed by atoms with E-state index in [1.165, 1.54) is 6.07 Å². The van der Waals surface area contributed by atoms with Gasteiger partial charge in [0.05, 0.1) is 0 Å². The second kappa shape index (κ2) is 4.88. The number of hydrogen-bond acceptors (Lipinski definition) is 2. The third-order valence-electron chi connectivity index (χ3n) is 2.43. The van der Waals surface area contributed by atoms with Crippen LogP contribution in [0.15, 0.2) is 42.5 Å². The highest BCUT2D eigenvalue weighted by atomic mass is 35.5. The molecule has 0 bridgehead atoms. The van der Waals surface area contributed by atoms with Gasteiger partial charge in [-0.1, -0.05) is 41.9 Å². The molecule has 2 aromatic carbocycles. The molecule has 5 heteroatoms. The number of halogens is 2. The van der Waals surface area contributed by atoms with Crippen LogP contribution in [0.5, 0.6) is 0 Å². The lowest BCUT2D eigenvalue weighted by Crippen LogP contribution is -2.32. The average molecular weight is 250 g/mol. The van der Waals surface area contributed by atoms with E-state index in [2.05, 4.69) is 0 Å². The van der Waals surface area contributed by atoms with Gasteiger partial charge in [-0.15, -0.1) is 0 Å². The fourth-order valence-corrected chi connectivity index (χ4v) is 1.92. The van der Waals surface area contributed by atoms with Crippen LogP contribution in [-0.4, -0.2) is 17.2 Å². The maximum Gasteiger partial charge on any atom is 0.489 e. The first-order valence-corrected chi connectivity index (χ1v) is 5.38. The van der Waals surface area contributed by atoms with Gasteiger partial charge in [0.25, 0.3) is 0 Å². The molecule has 2 nitrogen and oxygen atoms in total. The quantitative estimate of drug-likeness (QED) is 0.798. The van der Waals surface area contributed by atoms with Gasteiger partial charge in [-0.3, -0.25) is 0 Å². The van der Waals surface area contributed by atoms with Gasteiger partial charge in [0.1, 0.15) is 5.82 Å². The van der Waals surface area contributed by atoms with Gasteiger partial charge in [-0.25, -0.2) is 4.39 Å². The third kappa shape index (κ3) is 2.49. The number of rotatable bonds is 2. The Labute approximate surface area is 103 Å². The number of benzene rings is 2. The summed E-state index contributed by atoms with van der Waals surface area (Å²) >= 11 is 5.69. The van der Waals surface area contributed by atoms with Crippen LogP contribution in [0.2, 0.25) is 5.02 Å². The summed E-state index contributed by atoms with van der Waals surface area (Å²) in [5.74, 6) is -0.577. The molecule has 0 saturated heterocycles. The molecule has 0 heterocycles. The summed E-state index contributed by atoms with van der Waals surface area (Å²) in [6.45, 7) is 0. The van der Waals surface area contributed by atoms with E-state index in [0.717, 1.165) is 6.07 Å². The van der Waals surface area contributed by atoms with Gasteiger partial charge in [0, 0.05) is 10.6 Å². The topological polar surface area (TPSA) is 40.5 Å². The van der Waals surface area contributed by atoms with Gasteiger partial charge in [0.2, 0.25) is 0 Å². The van der Waals surface area contributed by atoms with Crippen molar-refractivity contribution in [2.45, 2.75) is 0 Å². The fraction of sp³-hybridized carbons (Fsp3) is 0. The Balaban J connectivity index is 2.68. The maximum absolute atomic E-state index is 13.9. The van der Waals surface area contributed by atoms with Crippen molar-refractivity contribution in [2.75, 3.05) is 0 Å². The smallest absolute Gasteiger partial charge is 0.423 e. The summed E-state index contributed by atoms with van der Waals surface area (Å²) in [4.78, 5) is 0. The molecule has 0 saturated carbocycles. The van der Waals surface area contributed by atoms with Crippen molar-refractivity contribution in [3.8, 4) is 11.1 Å². The largest absolute Gasteiger partial charge is 0.489 e. The Morgan fingerprint density at radius 2 is 1.71 bits per heavy atom. The standard InChI is InChI=1S/C12H9BClFO2/c14-9-6-10(13(16)17)12(11(15)7-9)8-4-2-1-3-5-8/h1-7,16-17H. The molecular weight excluding hydrogens is 241 g/mol. The second-order valence-corrected chi connectivity index (χ2v) is 4.03. The average Bonchev–Trinajstić information content (AvgIpc) is 2.29. The Morgan fingerprint density at radius 1 is 1.06 bits per heavy atom. The highest BCUT2D eigenvalue weighted by molar-refractivity contribution is 6.61. The molecule has 0 atom stereocenters. The normalized spacial score (nSPS) is 10.4. The van der Waals surface area contributed by atoms with Gasteiger partial charge in [-0.05, 0) is 23.2 Å². The van der Waals surface area contributed by atoms with Crippen molar-refractivity contribution in [3.05, 3.63) is 53.3 Å². The van der Waals surface area contributed by atoms with E-state index < -0.39 is 12.9 Å². The second-order valence-electron chi connectivity index (χ2n) is 3.59. The molecule has 0 aliphatic carbocycles. The molecule has 0 amide bonds. The molecule has 86 valence electrons. The highest BCUT2D eigenvalue weighted by Crippen LogP contribution is 2.23. The van der Waals surface area contributed by atoms with Gasteiger partial charge >= 0.3 is 7.12 Å². The number of hydrogen-bond donors (Lipinski definition) is 2. The van der Waals surface area contributed by atoms with E-state index in [4.69, 9.17) is 11.6 Å². The van der Waals surface area contributed by atoms with E-state index >= 15 is 0 Å². The van der Waals surface area contributed by atoms with Crippen LogP contribution in [0.25, 0.3) is 11.1 Å². The van der Waals surface area contributed by atoms with Crippen molar-refractivity contribution < 1.29 is 14.4 Å². The lowest BCUT2D eigenvalue weighted by Gasteiger charge is -2.11. The first kappa shape index (κ1) is 12.1. The minimum atomic E-state index is -1.77. The van der Waals surface area contributed by atoms with Gasteiger partial charge in [0.15, 0.2) is 0 Å². The molecule has 2 rings (SSSR count). The van der Waals surface area contributed by atoms with Crippen LogP contribution in [0, 0.1) is 5.82 Å². The Morgan fingerprint density at radius 3 is 2.29 bits per heavy atom. The summed E-state index contributed by atoms with van der Waals surface area (Å²) < 4.78 is 13.9. The lowest BCUT2D eigenvalue weighted by molar-refractivity contribution is 0.425. The van der Waals surface area contributed by atoms with Crippen molar-refractivity contribution in [2.24, 2.45) is 0 Å². The van der Waals surface area contributed by atoms with Crippen molar-refractivity contribution in [3.63, 3.8) is 0 Å². The molecule has 2 aromatic rings. The summed E-state index contributed by atoms with van der Waals surface area (Å²) in [5.41, 5.74) is 0.788. The molecule has 2 N–H and O–H groups in total. The molecular formula is C12H9BClFO2. The van der Waals surface area contributed by atoms with E-state index in [-0.39, 0.29) is 16.0 Å². The van der Waals surface area contributed by atoms with Crippen LogP contribution in [0.4, 0.5) is 4.39 Å². The highest BCUT2D eigenvalue weighted by Gasteiger charge is 2.21. The Hall–Kier alpha value is -1.36. The van der Waals surface area contributed by atoms with E-state index in [0.29, 0.717) is 5.56 Å². The summed E-state index contributed by atoms with van der Waals surface area (Å²) in [6.07, 6.45) is 0. The van der Waals surface area contributed by atoms with E-state index in [1.807, 2.05) is 0 Å². The molecule has 0 radical (unpaired) electrons. The first-order valence-electron chi connectivity index (χ1n) is 5.00. The summed E-state index contributed by atoms with van der Waals surface area (Å²) in [5, 5.41) is 18.6. The Kier molecular flexibility index (Phi) is 3.47. The fourth-order valence-electron chi connectivity index (χ4n) is 1.71. The van der Waals surface area contributed by atoms with Crippen LogP contribution in [0.1, 0.15) is 0 Å². The Bertz CT molecular complexity index is 532. The van der Waals surface area contributed by atoms with Crippen molar-refractivity contribution in [1.29, 1.82) is 0 Å². The first-order chi connectivity index (χ1) is 8.09. The molecule has 0 aromatic heterocycles. The SMILES string of the molecule is OB(O)c1cc(Cl)cc(F)c1-c1ccccc1. The lowest BCUT2D eigenvalue weighted by atomic mass is 9.75. The van der Waals surface area contributed by atoms with Crippen LogP contribution >= 0.6 is 11.6 Å². The molecule has 0 fully saturated rings. The third-order valence-corrected chi connectivity index (χ3v) is 2.64. The van der Waals surface area contributed by atoms with E-state index in [9.17, 15) is 14.4 Å². The van der Waals surface area contributed by atoms with Crippen molar-refractivity contribution >= 4 is 24.2 Å². The molecule has 0 aliphatic heterocycles. The predicted molar refractivity (Wildman–Crippen MR) is 66.7 cm³/mol. The predicted octanol–water partition coefficient (Wildman–Crippen LogP) is 1.83. The molecule has 0 unspecified atom stereocenters.